The molecule has 0 atom stereocenters. The van der Waals surface area contributed by atoms with Gasteiger partial charge in [-0.05, 0) is 43.5 Å². The molecule has 0 heterocycles. The molecule has 0 fully saturated rings. The number of aryl methyl sites for hydroxylation is 3. The van der Waals surface area contributed by atoms with Crippen LogP contribution in [0.25, 0.3) is 0 Å². The second-order valence-electron chi connectivity index (χ2n) is 5.03. The molecule has 0 saturated carbocycles. The van der Waals surface area contributed by atoms with E-state index in [1.54, 1.807) is 0 Å². The van der Waals surface area contributed by atoms with Gasteiger partial charge in [-0.2, -0.15) is 0 Å². The maximum Gasteiger partial charge on any atom is 0.228 e. The van der Waals surface area contributed by atoms with Crippen LogP contribution in [0.5, 0.6) is 0 Å². The summed E-state index contributed by atoms with van der Waals surface area (Å²) in [4.78, 5) is 12.0. The van der Waals surface area contributed by atoms with Crippen molar-refractivity contribution in [2.75, 3.05) is 5.32 Å². The van der Waals surface area contributed by atoms with E-state index in [-0.39, 0.29) is 5.91 Å². The smallest absolute Gasteiger partial charge is 0.228 e. The molecular formula is C17H19NO. The minimum absolute atomic E-state index is 0.0271. The lowest BCUT2D eigenvalue weighted by atomic mass is 10.1. The van der Waals surface area contributed by atoms with Gasteiger partial charge in [0.15, 0.2) is 0 Å². The van der Waals surface area contributed by atoms with Gasteiger partial charge in [0.2, 0.25) is 5.91 Å². The van der Waals surface area contributed by atoms with E-state index in [0.717, 1.165) is 22.4 Å². The van der Waals surface area contributed by atoms with Crippen molar-refractivity contribution in [1.29, 1.82) is 0 Å². The van der Waals surface area contributed by atoms with Crippen molar-refractivity contribution in [3.8, 4) is 0 Å². The first kappa shape index (κ1) is 13.3. The molecule has 0 saturated heterocycles. The summed E-state index contributed by atoms with van der Waals surface area (Å²) in [5.74, 6) is 0.0271. The third kappa shape index (κ3) is 3.68. The van der Waals surface area contributed by atoms with Crippen molar-refractivity contribution in [2.45, 2.75) is 27.2 Å². The van der Waals surface area contributed by atoms with Crippen LogP contribution in [-0.4, -0.2) is 5.91 Å². The van der Waals surface area contributed by atoms with Crippen LogP contribution in [0.4, 0.5) is 5.69 Å². The Labute approximate surface area is 114 Å². The van der Waals surface area contributed by atoms with Gasteiger partial charge < -0.3 is 5.32 Å². The SMILES string of the molecule is Cc1cccc(CC(=O)Nc2cc(C)ccc2C)c1. The highest BCUT2D eigenvalue weighted by Gasteiger charge is 2.06. The fraction of sp³-hybridized carbons (Fsp3) is 0.235. The zero-order valence-corrected chi connectivity index (χ0v) is 11.7. The Balaban J connectivity index is 2.07. The number of benzene rings is 2. The fourth-order valence-corrected chi connectivity index (χ4v) is 2.07. The quantitative estimate of drug-likeness (QED) is 0.885. The summed E-state index contributed by atoms with van der Waals surface area (Å²) in [6.07, 6.45) is 0.412. The summed E-state index contributed by atoms with van der Waals surface area (Å²) in [6, 6.07) is 14.1. The molecule has 0 aliphatic rings. The fourth-order valence-electron chi connectivity index (χ4n) is 2.07. The molecule has 19 heavy (non-hydrogen) atoms. The Morgan fingerprint density at radius 2 is 1.74 bits per heavy atom. The second kappa shape index (κ2) is 5.70. The molecule has 0 aromatic heterocycles. The largest absolute Gasteiger partial charge is 0.326 e. The molecule has 2 nitrogen and oxygen atoms in total. The number of carbonyl (C=O) groups excluding carboxylic acids is 1. The third-order valence-corrected chi connectivity index (χ3v) is 3.11. The standard InChI is InChI=1S/C17H19NO/c1-12-5-4-6-15(9-12)11-17(19)18-16-10-13(2)7-8-14(16)3/h4-10H,11H2,1-3H3,(H,18,19). The van der Waals surface area contributed by atoms with Gasteiger partial charge in [-0.25, -0.2) is 0 Å². The summed E-state index contributed by atoms with van der Waals surface area (Å²) in [5.41, 5.74) is 5.36. The van der Waals surface area contributed by atoms with Gasteiger partial charge in [0.05, 0.1) is 6.42 Å². The number of hydrogen-bond donors (Lipinski definition) is 1. The van der Waals surface area contributed by atoms with E-state index < -0.39 is 0 Å². The topological polar surface area (TPSA) is 29.1 Å². The monoisotopic (exact) mass is 253 g/mol. The zero-order valence-electron chi connectivity index (χ0n) is 11.7. The number of hydrogen-bond acceptors (Lipinski definition) is 1. The Hall–Kier alpha value is -2.09. The Bertz CT molecular complexity index is 602. The van der Waals surface area contributed by atoms with Crippen molar-refractivity contribution < 1.29 is 4.79 Å². The minimum Gasteiger partial charge on any atom is -0.326 e. The molecule has 98 valence electrons. The van der Waals surface area contributed by atoms with Crippen LogP contribution >= 0.6 is 0 Å². The van der Waals surface area contributed by atoms with Crippen molar-refractivity contribution in [1.82, 2.24) is 0 Å². The first-order chi connectivity index (χ1) is 9.04. The lowest BCUT2D eigenvalue weighted by molar-refractivity contribution is -0.115. The average Bonchev–Trinajstić information content (AvgIpc) is 2.34. The van der Waals surface area contributed by atoms with Gasteiger partial charge in [0, 0.05) is 5.69 Å². The van der Waals surface area contributed by atoms with Crippen LogP contribution < -0.4 is 5.32 Å². The Morgan fingerprint density at radius 1 is 1.00 bits per heavy atom. The molecule has 0 unspecified atom stereocenters. The molecule has 0 spiro atoms. The predicted molar refractivity (Wildman–Crippen MR) is 79.4 cm³/mol. The zero-order chi connectivity index (χ0) is 13.8. The van der Waals surface area contributed by atoms with E-state index in [1.807, 2.05) is 63.2 Å². The number of anilines is 1. The number of nitrogens with one attached hydrogen (secondary N) is 1. The molecule has 2 aromatic rings. The number of amides is 1. The van der Waals surface area contributed by atoms with Crippen molar-refractivity contribution in [2.24, 2.45) is 0 Å². The van der Waals surface area contributed by atoms with Crippen molar-refractivity contribution in [3.63, 3.8) is 0 Å². The van der Waals surface area contributed by atoms with Crippen LogP contribution in [0.15, 0.2) is 42.5 Å². The molecule has 0 aliphatic carbocycles. The van der Waals surface area contributed by atoms with Gasteiger partial charge in [0.1, 0.15) is 0 Å². The van der Waals surface area contributed by atoms with E-state index in [1.165, 1.54) is 5.56 Å². The summed E-state index contributed by atoms with van der Waals surface area (Å²) in [7, 11) is 0. The Kier molecular flexibility index (Phi) is 4.00. The molecule has 1 amide bonds. The Morgan fingerprint density at radius 3 is 2.47 bits per heavy atom. The lowest BCUT2D eigenvalue weighted by Crippen LogP contribution is -2.15. The van der Waals surface area contributed by atoms with Crippen LogP contribution in [0.3, 0.4) is 0 Å². The van der Waals surface area contributed by atoms with Gasteiger partial charge in [0.25, 0.3) is 0 Å². The molecule has 2 heteroatoms. The molecule has 0 bridgehead atoms. The summed E-state index contributed by atoms with van der Waals surface area (Å²) in [6.45, 7) is 6.06. The first-order valence-corrected chi connectivity index (χ1v) is 6.47. The molecule has 2 aromatic carbocycles. The molecule has 2 rings (SSSR count). The van der Waals surface area contributed by atoms with Gasteiger partial charge in [-0.15, -0.1) is 0 Å². The highest BCUT2D eigenvalue weighted by molar-refractivity contribution is 5.93. The van der Waals surface area contributed by atoms with Crippen molar-refractivity contribution in [3.05, 3.63) is 64.7 Å². The lowest BCUT2D eigenvalue weighted by Gasteiger charge is -2.09. The minimum atomic E-state index is 0.0271. The van der Waals surface area contributed by atoms with E-state index in [4.69, 9.17) is 0 Å². The van der Waals surface area contributed by atoms with E-state index in [0.29, 0.717) is 6.42 Å². The van der Waals surface area contributed by atoms with E-state index >= 15 is 0 Å². The molecule has 1 N–H and O–H groups in total. The van der Waals surface area contributed by atoms with Gasteiger partial charge in [-0.1, -0.05) is 42.0 Å². The highest BCUT2D eigenvalue weighted by atomic mass is 16.1. The van der Waals surface area contributed by atoms with Crippen LogP contribution in [0.2, 0.25) is 0 Å². The highest BCUT2D eigenvalue weighted by Crippen LogP contribution is 2.16. The van der Waals surface area contributed by atoms with Crippen LogP contribution in [-0.2, 0) is 11.2 Å². The second-order valence-corrected chi connectivity index (χ2v) is 5.03. The summed E-state index contributed by atoms with van der Waals surface area (Å²) < 4.78 is 0. The van der Waals surface area contributed by atoms with Gasteiger partial charge in [-0.3, -0.25) is 4.79 Å². The predicted octanol–water partition coefficient (Wildman–Crippen LogP) is 3.79. The van der Waals surface area contributed by atoms with Gasteiger partial charge >= 0.3 is 0 Å². The molecule has 0 radical (unpaired) electrons. The summed E-state index contributed by atoms with van der Waals surface area (Å²) in [5, 5.41) is 2.98. The first-order valence-electron chi connectivity index (χ1n) is 6.47. The number of rotatable bonds is 3. The normalized spacial score (nSPS) is 10.3. The van der Waals surface area contributed by atoms with E-state index in [9.17, 15) is 4.79 Å². The number of carbonyl (C=O) groups is 1. The maximum absolute atomic E-state index is 12.0. The third-order valence-electron chi connectivity index (χ3n) is 3.11. The van der Waals surface area contributed by atoms with Crippen LogP contribution in [0, 0.1) is 20.8 Å². The molecular weight excluding hydrogens is 234 g/mol. The summed E-state index contributed by atoms with van der Waals surface area (Å²) >= 11 is 0. The van der Waals surface area contributed by atoms with Crippen LogP contribution in [0.1, 0.15) is 22.3 Å². The molecule has 0 aliphatic heterocycles. The maximum atomic E-state index is 12.0. The van der Waals surface area contributed by atoms with E-state index in [2.05, 4.69) is 5.32 Å². The van der Waals surface area contributed by atoms with Crippen molar-refractivity contribution >= 4 is 11.6 Å². The average molecular weight is 253 g/mol.